The van der Waals surface area contributed by atoms with Crippen molar-refractivity contribution in [3.63, 3.8) is 0 Å². The number of H-pyrrole nitrogens is 1. The summed E-state index contributed by atoms with van der Waals surface area (Å²) in [5, 5.41) is 42.2. The standard InChI is InChI=1S/C20H28N6O11/c21-10(5-9-7-22-8-23-9)17(33)24-11(1-3-14(27)28)18(34)25-12(2-4-15(29)30)19(35)26-13(20(36)37)6-16(31)32/h7-8,10-13H,1-6,21H2,(H,22,23)(H,24,33)(H,25,34)(H,26,35)(H,27,28)(H,29,30)(H,31,32)(H,36,37). The summed E-state index contributed by atoms with van der Waals surface area (Å²) in [5.41, 5.74) is 6.33. The number of carbonyl (C=O) groups excluding carboxylic acids is 3. The minimum absolute atomic E-state index is 0.00288. The number of nitrogens with one attached hydrogen (secondary N) is 4. The van der Waals surface area contributed by atoms with Crippen molar-refractivity contribution in [3.8, 4) is 0 Å². The van der Waals surface area contributed by atoms with E-state index in [2.05, 4.69) is 20.6 Å². The molecule has 17 nitrogen and oxygen atoms in total. The molecule has 0 aliphatic heterocycles. The Morgan fingerprint density at radius 3 is 1.68 bits per heavy atom. The van der Waals surface area contributed by atoms with Gasteiger partial charge in [0, 0.05) is 31.2 Å². The summed E-state index contributed by atoms with van der Waals surface area (Å²) in [6.07, 6.45) is -0.372. The van der Waals surface area contributed by atoms with E-state index in [9.17, 15) is 33.6 Å². The Kier molecular flexibility index (Phi) is 12.2. The third-order valence-electron chi connectivity index (χ3n) is 4.88. The van der Waals surface area contributed by atoms with E-state index in [-0.39, 0.29) is 6.42 Å². The average molecular weight is 528 g/mol. The number of nitrogens with two attached hydrogens (primary N) is 1. The van der Waals surface area contributed by atoms with Crippen molar-refractivity contribution in [1.82, 2.24) is 25.9 Å². The Balaban J connectivity index is 3.02. The number of carboxylic acid groups (broad SMARTS) is 4. The molecule has 204 valence electrons. The third-order valence-corrected chi connectivity index (χ3v) is 4.88. The minimum Gasteiger partial charge on any atom is -0.481 e. The molecule has 0 fully saturated rings. The van der Waals surface area contributed by atoms with Crippen LogP contribution in [0.1, 0.15) is 37.8 Å². The molecule has 1 aromatic rings. The first-order chi connectivity index (χ1) is 17.3. The Morgan fingerprint density at radius 1 is 0.784 bits per heavy atom. The molecule has 4 unspecified atom stereocenters. The van der Waals surface area contributed by atoms with E-state index >= 15 is 0 Å². The second kappa shape index (κ2) is 14.8. The molecule has 1 rings (SSSR count). The predicted molar refractivity (Wildman–Crippen MR) is 120 cm³/mol. The highest BCUT2D eigenvalue weighted by Gasteiger charge is 2.31. The highest BCUT2D eigenvalue weighted by molar-refractivity contribution is 5.95. The van der Waals surface area contributed by atoms with Gasteiger partial charge in [-0.1, -0.05) is 0 Å². The number of rotatable bonds is 17. The Hall–Kier alpha value is -4.54. The van der Waals surface area contributed by atoms with Gasteiger partial charge in [-0.3, -0.25) is 28.8 Å². The van der Waals surface area contributed by atoms with Gasteiger partial charge < -0.3 is 47.1 Å². The maximum absolute atomic E-state index is 12.9. The van der Waals surface area contributed by atoms with Crippen LogP contribution in [-0.4, -0.2) is 96.2 Å². The van der Waals surface area contributed by atoms with Gasteiger partial charge in [-0.25, -0.2) is 9.78 Å². The number of hydrogen-bond donors (Lipinski definition) is 9. The molecular weight excluding hydrogens is 500 g/mol. The maximum atomic E-state index is 12.9. The molecule has 4 atom stereocenters. The molecule has 0 bridgehead atoms. The van der Waals surface area contributed by atoms with Crippen LogP contribution in [0.25, 0.3) is 0 Å². The van der Waals surface area contributed by atoms with Crippen molar-refractivity contribution in [2.45, 2.75) is 62.7 Å². The summed E-state index contributed by atoms with van der Waals surface area (Å²) in [6.45, 7) is 0. The molecule has 3 amide bonds. The number of carbonyl (C=O) groups is 7. The maximum Gasteiger partial charge on any atom is 0.326 e. The molecule has 0 spiro atoms. The smallest absolute Gasteiger partial charge is 0.326 e. The van der Waals surface area contributed by atoms with Crippen molar-refractivity contribution in [3.05, 3.63) is 18.2 Å². The topological polar surface area (TPSA) is 291 Å². The first-order valence-electron chi connectivity index (χ1n) is 10.8. The lowest BCUT2D eigenvalue weighted by Crippen LogP contribution is -2.57. The third kappa shape index (κ3) is 11.6. The van der Waals surface area contributed by atoms with Gasteiger partial charge in [0.05, 0.1) is 18.8 Å². The lowest BCUT2D eigenvalue weighted by atomic mass is 10.1. The van der Waals surface area contributed by atoms with E-state index in [4.69, 9.17) is 26.2 Å². The lowest BCUT2D eigenvalue weighted by Gasteiger charge is -2.24. The van der Waals surface area contributed by atoms with Gasteiger partial charge in [-0.2, -0.15) is 0 Å². The zero-order valence-corrected chi connectivity index (χ0v) is 19.4. The molecule has 37 heavy (non-hydrogen) atoms. The number of amides is 3. The number of aromatic amines is 1. The highest BCUT2D eigenvalue weighted by Crippen LogP contribution is 2.06. The summed E-state index contributed by atoms with van der Waals surface area (Å²) in [5.74, 6) is -8.97. The van der Waals surface area contributed by atoms with E-state index in [1.165, 1.54) is 12.5 Å². The Bertz CT molecular complexity index is 997. The number of nitrogens with zero attached hydrogens (tertiary/aromatic N) is 1. The molecular formula is C20H28N6O11. The summed E-state index contributed by atoms with van der Waals surface area (Å²) >= 11 is 0. The van der Waals surface area contributed by atoms with Crippen LogP contribution < -0.4 is 21.7 Å². The van der Waals surface area contributed by atoms with Gasteiger partial charge >= 0.3 is 23.9 Å². The molecule has 0 saturated heterocycles. The Morgan fingerprint density at radius 2 is 1.27 bits per heavy atom. The van der Waals surface area contributed by atoms with Crippen molar-refractivity contribution in [1.29, 1.82) is 0 Å². The summed E-state index contributed by atoms with van der Waals surface area (Å²) in [7, 11) is 0. The lowest BCUT2D eigenvalue weighted by molar-refractivity contribution is -0.147. The monoisotopic (exact) mass is 528 g/mol. The minimum atomic E-state index is -1.88. The van der Waals surface area contributed by atoms with E-state index in [0.29, 0.717) is 5.69 Å². The summed E-state index contributed by atoms with van der Waals surface area (Å²) < 4.78 is 0. The first kappa shape index (κ1) is 30.5. The second-order valence-corrected chi connectivity index (χ2v) is 7.87. The largest absolute Gasteiger partial charge is 0.481 e. The molecule has 0 aromatic carbocycles. The van der Waals surface area contributed by atoms with Crippen LogP contribution in [0.4, 0.5) is 0 Å². The van der Waals surface area contributed by atoms with Crippen LogP contribution in [0, 0.1) is 0 Å². The normalized spacial score (nSPS) is 13.9. The molecule has 1 aromatic heterocycles. The molecule has 0 saturated carbocycles. The van der Waals surface area contributed by atoms with Gasteiger partial charge in [0.15, 0.2) is 0 Å². The fraction of sp³-hybridized carbons (Fsp3) is 0.500. The highest BCUT2D eigenvalue weighted by atomic mass is 16.4. The van der Waals surface area contributed by atoms with Gasteiger partial charge in [0.25, 0.3) is 0 Å². The molecule has 0 radical (unpaired) electrons. The van der Waals surface area contributed by atoms with Crippen molar-refractivity contribution in [2.24, 2.45) is 5.73 Å². The van der Waals surface area contributed by atoms with Gasteiger partial charge in [0.1, 0.15) is 18.1 Å². The van der Waals surface area contributed by atoms with Crippen LogP contribution in [-0.2, 0) is 40.0 Å². The number of carboxylic acids is 4. The molecule has 17 heteroatoms. The van der Waals surface area contributed by atoms with Gasteiger partial charge in [-0.05, 0) is 12.8 Å². The van der Waals surface area contributed by atoms with E-state index in [1.54, 1.807) is 0 Å². The Labute approximate surface area is 208 Å². The predicted octanol–water partition coefficient (Wildman–Crippen LogP) is -2.98. The van der Waals surface area contributed by atoms with Gasteiger partial charge in [0.2, 0.25) is 17.7 Å². The first-order valence-corrected chi connectivity index (χ1v) is 10.8. The van der Waals surface area contributed by atoms with Crippen LogP contribution in [0.2, 0.25) is 0 Å². The fourth-order valence-electron chi connectivity index (χ4n) is 3.00. The molecule has 0 aliphatic rings. The summed E-state index contributed by atoms with van der Waals surface area (Å²) in [6, 6.07) is -6.20. The van der Waals surface area contributed by atoms with E-state index in [1.807, 2.05) is 5.32 Å². The average Bonchev–Trinajstić information content (AvgIpc) is 3.30. The molecule has 0 aliphatic carbocycles. The van der Waals surface area contributed by atoms with Crippen LogP contribution in [0.3, 0.4) is 0 Å². The molecule has 10 N–H and O–H groups in total. The number of imidazole rings is 1. The molecule has 1 heterocycles. The van der Waals surface area contributed by atoms with E-state index in [0.717, 1.165) is 0 Å². The van der Waals surface area contributed by atoms with E-state index < -0.39 is 97.9 Å². The number of aromatic nitrogens is 2. The van der Waals surface area contributed by atoms with Crippen molar-refractivity contribution < 1.29 is 54.0 Å². The number of hydrogen-bond acceptors (Lipinski definition) is 9. The summed E-state index contributed by atoms with van der Waals surface area (Å²) in [4.78, 5) is 88.6. The quantitative estimate of drug-likeness (QED) is 0.0976. The van der Waals surface area contributed by atoms with Crippen molar-refractivity contribution >= 4 is 41.6 Å². The second-order valence-electron chi connectivity index (χ2n) is 7.87. The number of aliphatic carboxylic acids is 4. The van der Waals surface area contributed by atoms with Crippen LogP contribution in [0.5, 0.6) is 0 Å². The SMILES string of the molecule is NC(Cc1cnc[nH]1)C(=O)NC(CCC(=O)O)C(=O)NC(CCC(=O)O)C(=O)NC(CC(=O)O)C(=O)O. The van der Waals surface area contributed by atoms with Crippen LogP contribution in [0.15, 0.2) is 12.5 Å². The van der Waals surface area contributed by atoms with Gasteiger partial charge in [-0.15, -0.1) is 0 Å². The van der Waals surface area contributed by atoms with Crippen LogP contribution >= 0.6 is 0 Å². The zero-order valence-electron chi connectivity index (χ0n) is 19.4. The zero-order chi connectivity index (χ0) is 28.1. The fourth-order valence-corrected chi connectivity index (χ4v) is 3.00. The van der Waals surface area contributed by atoms with Crippen molar-refractivity contribution in [2.75, 3.05) is 0 Å².